The maximum atomic E-state index is 6.03. The van der Waals surface area contributed by atoms with Gasteiger partial charge < -0.3 is 14.2 Å². The fourth-order valence-corrected chi connectivity index (χ4v) is 3.30. The second-order valence-electron chi connectivity index (χ2n) is 5.55. The minimum Gasteiger partial charge on any atom is -0.373 e. The van der Waals surface area contributed by atoms with Gasteiger partial charge in [-0.15, -0.1) is 0 Å². The van der Waals surface area contributed by atoms with E-state index >= 15 is 0 Å². The van der Waals surface area contributed by atoms with Crippen molar-refractivity contribution in [2.75, 3.05) is 20.8 Å². The van der Waals surface area contributed by atoms with Crippen molar-refractivity contribution >= 4 is 10.8 Å². The Labute approximate surface area is 125 Å². The van der Waals surface area contributed by atoms with Crippen LogP contribution in [0.5, 0.6) is 0 Å². The minimum atomic E-state index is -0.147. The molecule has 0 unspecified atom stereocenters. The van der Waals surface area contributed by atoms with Gasteiger partial charge in [-0.25, -0.2) is 0 Å². The van der Waals surface area contributed by atoms with Crippen molar-refractivity contribution < 1.29 is 14.2 Å². The molecule has 3 rings (SSSR count). The number of rotatable bonds is 4. The topological polar surface area (TPSA) is 27.7 Å². The molecule has 1 aliphatic heterocycles. The van der Waals surface area contributed by atoms with Crippen molar-refractivity contribution in [2.45, 2.75) is 25.2 Å². The number of hydrogen-bond acceptors (Lipinski definition) is 3. The molecule has 0 radical (unpaired) electrons. The number of methoxy groups -OCH3 is 2. The Morgan fingerprint density at radius 2 is 1.81 bits per heavy atom. The first-order chi connectivity index (χ1) is 10.3. The molecule has 3 heteroatoms. The zero-order valence-electron chi connectivity index (χ0n) is 12.6. The Morgan fingerprint density at radius 1 is 1.05 bits per heavy atom. The molecule has 112 valence electrons. The van der Waals surface area contributed by atoms with E-state index in [2.05, 4.69) is 42.5 Å². The summed E-state index contributed by atoms with van der Waals surface area (Å²) in [6.07, 6.45) is 1.88. The summed E-state index contributed by atoms with van der Waals surface area (Å²) in [5.74, 6) is 0.373. The van der Waals surface area contributed by atoms with E-state index in [0.29, 0.717) is 5.92 Å². The average Bonchev–Trinajstić information content (AvgIpc) is 2.56. The smallest absolute Gasteiger partial charge is 0.159 e. The quantitative estimate of drug-likeness (QED) is 0.797. The molecule has 1 heterocycles. The normalized spacial score (nSPS) is 22.8. The lowest BCUT2D eigenvalue weighted by atomic mass is 9.89. The number of hydrogen-bond donors (Lipinski definition) is 0. The molecule has 0 spiro atoms. The molecule has 2 aromatic carbocycles. The number of fused-ring (bicyclic) bond motifs is 1. The zero-order chi connectivity index (χ0) is 14.7. The van der Waals surface area contributed by atoms with Crippen LogP contribution in [0.2, 0.25) is 0 Å². The summed E-state index contributed by atoms with van der Waals surface area (Å²) in [4.78, 5) is 0. The van der Waals surface area contributed by atoms with Crippen LogP contribution in [0.25, 0.3) is 10.8 Å². The highest BCUT2D eigenvalue weighted by molar-refractivity contribution is 5.86. The standard InChI is InChI=1S/C18H22O3/c1-19-18(20-2)14-10-11-21-17(12-14)16-9-5-7-13-6-3-4-8-15(13)16/h3-9,14,17-18H,10-12H2,1-2H3/t14-,17+/m0/s1. The third kappa shape index (κ3) is 2.95. The van der Waals surface area contributed by atoms with E-state index in [9.17, 15) is 0 Å². The van der Waals surface area contributed by atoms with Gasteiger partial charge in [0.2, 0.25) is 0 Å². The van der Waals surface area contributed by atoms with E-state index < -0.39 is 0 Å². The molecule has 2 atom stereocenters. The zero-order valence-corrected chi connectivity index (χ0v) is 12.6. The third-order valence-electron chi connectivity index (χ3n) is 4.34. The summed E-state index contributed by atoms with van der Waals surface area (Å²) in [5, 5.41) is 2.53. The van der Waals surface area contributed by atoms with Gasteiger partial charge in [-0.2, -0.15) is 0 Å². The first kappa shape index (κ1) is 14.5. The van der Waals surface area contributed by atoms with Crippen LogP contribution in [0, 0.1) is 5.92 Å². The number of ether oxygens (including phenoxy) is 3. The lowest BCUT2D eigenvalue weighted by Crippen LogP contribution is -2.31. The van der Waals surface area contributed by atoms with Crippen LogP contribution >= 0.6 is 0 Å². The van der Waals surface area contributed by atoms with Crippen LogP contribution < -0.4 is 0 Å². The van der Waals surface area contributed by atoms with Gasteiger partial charge in [-0.1, -0.05) is 42.5 Å². The highest BCUT2D eigenvalue weighted by Crippen LogP contribution is 2.37. The minimum absolute atomic E-state index is 0.114. The first-order valence-electron chi connectivity index (χ1n) is 7.48. The van der Waals surface area contributed by atoms with Crippen molar-refractivity contribution in [2.24, 2.45) is 5.92 Å². The summed E-state index contributed by atoms with van der Waals surface area (Å²) in [6.45, 7) is 0.752. The SMILES string of the molecule is COC(OC)[C@H]1CCO[C@@H](c2cccc3ccccc23)C1. The monoisotopic (exact) mass is 286 g/mol. The summed E-state index contributed by atoms with van der Waals surface area (Å²) < 4.78 is 16.9. The molecule has 0 aromatic heterocycles. The Kier molecular flexibility index (Phi) is 4.54. The van der Waals surface area contributed by atoms with Crippen molar-refractivity contribution in [3.63, 3.8) is 0 Å². The molecule has 1 aliphatic rings. The van der Waals surface area contributed by atoms with Gasteiger partial charge in [0.05, 0.1) is 6.10 Å². The number of benzene rings is 2. The fraction of sp³-hybridized carbons (Fsp3) is 0.444. The van der Waals surface area contributed by atoms with Gasteiger partial charge in [0, 0.05) is 26.7 Å². The van der Waals surface area contributed by atoms with Gasteiger partial charge >= 0.3 is 0 Å². The highest BCUT2D eigenvalue weighted by Gasteiger charge is 2.30. The van der Waals surface area contributed by atoms with Crippen LogP contribution in [0.4, 0.5) is 0 Å². The Balaban J connectivity index is 1.88. The van der Waals surface area contributed by atoms with Crippen LogP contribution in [0.15, 0.2) is 42.5 Å². The molecular formula is C18H22O3. The summed E-state index contributed by atoms with van der Waals surface area (Å²) in [5.41, 5.74) is 1.27. The van der Waals surface area contributed by atoms with Crippen LogP contribution in [-0.4, -0.2) is 27.1 Å². The van der Waals surface area contributed by atoms with E-state index in [-0.39, 0.29) is 12.4 Å². The van der Waals surface area contributed by atoms with E-state index in [0.717, 1.165) is 19.4 Å². The lowest BCUT2D eigenvalue weighted by Gasteiger charge is -2.33. The second-order valence-corrected chi connectivity index (χ2v) is 5.55. The van der Waals surface area contributed by atoms with Gasteiger partial charge in [-0.3, -0.25) is 0 Å². The molecule has 0 amide bonds. The molecule has 2 aromatic rings. The van der Waals surface area contributed by atoms with Gasteiger partial charge in [-0.05, 0) is 29.2 Å². The molecule has 0 saturated carbocycles. The predicted molar refractivity (Wildman–Crippen MR) is 83.2 cm³/mol. The van der Waals surface area contributed by atoms with Gasteiger partial charge in [0.25, 0.3) is 0 Å². The van der Waals surface area contributed by atoms with Crippen molar-refractivity contribution in [1.29, 1.82) is 0 Å². The van der Waals surface area contributed by atoms with E-state index in [1.54, 1.807) is 14.2 Å². The second kappa shape index (κ2) is 6.56. The summed E-state index contributed by atoms with van der Waals surface area (Å²) in [7, 11) is 3.41. The average molecular weight is 286 g/mol. The first-order valence-corrected chi connectivity index (χ1v) is 7.48. The molecule has 21 heavy (non-hydrogen) atoms. The Hall–Kier alpha value is -1.42. The van der Waals surface area contributed by atoms with Crippen molar-refractivity contribution in [3.05, 3.63) is 48.0 Å². The largest absolute Gasteiger partial charge is 0.373 e. The maximum Gasteiger partial charge on any atom is 0.159 e. The predicted octanol–water partition coefficient (Wildman–Crippen LogP) is 3.93. The molecule has 1 fully saturated rings. The van der Waals surface area contributed by atoms with Crippen LogP contribution in [-0.2, 0) is 14.2 Å². The van der Waals surface area contributed by atoms with Crippen molar-refractivity contribution in [3.8, 4) is 0 Å². The summed E-state index contributed by atoms with van der Waals surface area (Å²) >= 11 is 0. The third-order valence-corrected chi connectivity index (χ3v) is 4.34. The molecule has 0 bridgehead atoms. The van der Waals surface area contributed by atoms with Gasteiger partial charge in [0.15, 0.2) is 6.29 Å². The van der Waals surface area contributed by atoms with E-state index in [1.165, 1.54) is 16.3 Å². The molecule has 0 aliphatic carbocycles. The summed E-state index contributed by atoms with van der Waals surface area (Å²) in [6, 6.07) is 14.9. The Morgan fingerprint density at radius 3 is 2.62 bits per heavy atom. The molecule has 0 N–H and O–H groups in total. The van der Waals surface area contributed by atoms with E-state index in [4.69, 9.17) is 14.2 Å². The van der Waals surface area contributed by atoms with Crippen molar-refractivity contribution in [1.82, 2.24) is 0 Å². The highest BCUT2D eigenvalue weighted by atomic mass is 16.7. The van der Waals surface area contributed by atoms with Gasteiger partial charge in [0.1, 0.15) is 0 Å². The fourth-order valence-electron chi connectivity index (χ4n) is 3.30. The molecular weight excluding hydrogens is 264 g/mol. The maximum absolute atomic E-state index is 6.03. The lowest BCUT2D eigenvalue weighted by molar-refractivity contribution is -0.165. The molecule has 1 saturated heterocycles. The van der Waals surface area contributed by atoms with Crippen LogP contribution in [0.3, 0.4) is 0 Å². The molecule has 3 nitrogen and oxygen atoms in total. The van der Waals surface area contributed by atoms with E-state index in [1.807, 2.05) is 0 Å². The Bertz CT molecular complexity index is 587. The van der Waals surface area contributed by atoms with Crippen LogP contribution in [0.1, 0.15) is 24.5 Å².